The molecule has 1 atom stereocenters. The van der Waals surface area contributed by atoms with E-state index < -0.39 is 5.41 Å². The molecular weight excluding hydrogens is 292 g/mol. The van der Waals surface area contributed by atoms with Crippen LogP contribution < -0.4 is 0 Å². The Morgan fingerprint density at radius 3 is 2.42 bits per heavy atom. The highest BCUT2D eigenvalue weighted by molar-refractivity contribution is 6.12. The zero-order valence-electron chi connectivity index (χ0n) is 14.1. The minimum Gasteiger partial charge on any atom is -0.293 e. The molecular formula is C23H22O. The Balaban J connectivity index is 1.83. The van der Waals surface area contributed by atoms with Gasteiger partial charge in [-0.2, -0.15) is 0 Å². The van der Waals surface area contributed by atoms with Crippen molar-refractivity contribution in [2.45, 2.75) is 32.6 Å². The molecule has 0 radical (unpaired) electrons. The van der Waals surface area contributed by atoms with Crippen molar-refractivity contribution in [3.63, 3.8) is 0 Å². The van der Waals surface area contributed by atoms with Gasteiger partial charge < -0.3 is 0 Å². The number of Topliss-reactive ketones (excluding diaryl/α,β-unsaturated/α-hetero) is 1. The lowest BCUT2D eigenvalue weighted by atomic mass is 9.72. The summed E-state index contributed by atoms with van der Waals surface area (Å²) in [7, 11) is 0. The van der Waals surface area contributed by atoms with Crippen LogP contribution in [-0.4, -0.2) is 5.78 Å². The maximum absolute atomic E-state index is 13.4. The standard InChI is InChI=1S/C23H22O/c1-2-3-8-15-23(16-18-10-5-7-12-20(18)22(23)24)21-14-13-17-9-4-6-11-19(17)21/h3-12,14H,2,13,15-16H2,1H3. The third-order valence-corrected chi connectivity index (χ3v) is 5.41. The molecule has 1 unspecified atom stereocenters. The van der Waals surface area contributed by atoms with E-state index in [0.717, 1.165) is 31.2 Å². The van der Waals surface area contributed by atoms with Crippen molar-refractivity contribution in [3.05, 3.63) is 89.0 Å². The van der Waals surface area contributed by atoms with Gasteiger partial charge in [-0.05, 0) is 47.9 Å². The predicted octanol–water partition coefficient (Wildman–Crippen LogP) is 5.41. The van der Waals surface area contributed by atoms with Crippen LogP contribution in [0.15, 0.2) is 66.8 Å². The third-order valence-electron chi connectivity index (χ3n) is 5.41. The largest absolute Gasteiger partial charge is 0.293 e. The normalized spacial score (nSPS) is 21.9. The summed E-state index contributed by atoms with van der Waals surface area (Å²) in [5.74, 6) is 0.293. The molecule has 0 fully saturated rings. The summed E-state index contributed by atoms with van der Waals surface area (Å²) in [6, 6.07) is 16.7. The quantitative estimate of drug-likeness (QED) is 0.690. The smallest absolute Gasteiger partial charge is 0.174 e. The van der Waals surface area contributed by atoms with Crippen LogP contribution in [0.25, 0.3) is 5.57 Å². The molecule has 0 aromatic heterocycles. The first-order valence-electron chi connectivity index (χ1n) is 8.83. The minimum absolute atomic E-state index is 0.293. The molecule has 2 aliphatic carbocycles. The topological polar surface area (TPSA) is 17.1 Å². The minimum atomic E-state index is -0.429. The summed E-state index contributed by atoms with van der Waals surface area (Å²) in [4.78, 5) is 13.4. The molecule has 2 aliphatic rings. The van der Waals surface area contributed by atoms with Gasteiger partial charge in [0.05, 0.1) is 5.41 Å². The molecule has 0 saturated carbocycles. The fourth-order valence-electron chi connectivity index (χ4n) is 4.24. The van der Waals surface area contributed by atoms with Crippen molar-refractivity contribution < 1.29 is 4.79 Å². The first-order valence-corrected chi connectivity index (χ1v) is 8.83. The molecule has 1 heteroatoms. The van der Waals surface area contributed by atoms with Gasteiger partial charge in [0.1, 0.15) is 0 Å². The Morgan fingerprint density at radius 1 is 0.958 bits per heavy atom. The SMILES string of the molecule is CCC=CCC1(C2=CCc3ccccc32)Cc2ccccc2C1=O. The van der Waals surface area contributed by atoms with Gasteiger partial charge in [0.25, 0.3) is 0 Å². The van der Waals surface area contributed by atoms with Gasteiger partial charge in [0.15, 0.2) is 5.78 Å². The van der Waals surface area contributed by atoms with Crippen LogP contribution in [-0.2, 0) is 12.8 Å². The van der Waals surface area contributed by atoms with E-state index in [0.29, 0.717) is 5.78 Å². The second kappa shape index (κ2) is 5.90. The number of benzene rings is 2. The van der Waals surface area contributed by atoms with Crippen molar-refractivity contribution in [3.8, 4) is 0 Å². The first kappa shape index (κ1) is 15.1. The van der Waals surface area contributed by atoms with Gasteiger partial charge in [-0.15, -0.1) is 0 Å². The predicted molar refractivity (Wildman–Crippen MR) is 99.1 cm³/mol. The van der Waals surface area contributed by atoms with Gasteiger partial charge in [-0.3, -0.25) is 4.79 Å². The summed E-state index contributed by atoms with van der Waals surface area (Å²) in [5.41, 5.74) is 5.52. The van der Waals surface area contributed by atoms with Gasteiger partial charge in [-0.25, -0.2) is 0 Å². The van der Waals surface area contributed by atoms with Crippen molar-refractivity contribution in [2.75, 3.05) is 0 Å². The van der Waals surface area contributed by atoms with Crippen LogP contribution in [0, 0.1) is 5.41 Å². The fraction of sp³-hybridized carbons (Fsp3) is 0.261. The summed E-state index contributed by atoms with van der Waals surface area (Å²) >= 11 is 0. The molecule has 120 valence electrons. The van der Waals surface area contributed by atoms with Crippen molar-refractivity contribution in [1.82, 2.24) is 0 Å². The second-order valence-corrected chi connectivity index (χ2v) is 6.81. The number of hydrogen-bond donors (Lipinski definition) is 0. The van der Waals surface area contributed by atoms with Crippen molar-refractivity contribution in [1.29, 1.82) is 0 Å². The molecule has 0 saturated heterocycles. The zero-order valence-corrected chi connectivity index (χ0v) is 14.1. The average molecular weight is 314 g/mol. The van der Waals surface area contributed by atoms with Crippen LogP contribution in [0.4, 0.5) is 0 Å². The van der Waals surface area contributed by atoms with E-state index in [2.05, 4.69) is 55.5 Å². The highest BCUT2D eigenvalue weighted by Crippen LogP contribution is 2.51. The number of carbonyl (C=O) groups excluding carboxylic acids is 1. The molecule has 0 bridgehead atoms. The number of fused-ring (bicyclic) bond motifs is 2. The Bertz CT molecular complexity index is 856. The van der Waals surface area contributed by atoms with Gasteiger partial charge in [0.2, 0.25) is 0 Å². The van der Waals surface area contributed by atoms with E-state index in [1.165, 1.54) is 22.3 Å². The summed E-state index contributed by atoms with van der Waals surface area (Å²) in [6.07, 6.45) is 10.2. The third kappa shape index (κ3) is 2.19. The van der Waals surface area contributed by atoms with Gasteiger partial charge in [-0.1, -0.05) is 73.7 Å². The van der Waals surface area contributed by atoms with Crippen LogP contribution in [0.3, 0.4) is 0 Å². The number of allylic oxidation sites excluding steroid dienone is 4. The Kier molecular flexibility index (Phi) is 3.72. The summed E-state index contributed by atoms with van der Waals surface area (Å²) in [6.45, 7) is 2.14. The van der Waals surface area contributed by atoms with Gasteiger partial charge >= 0.3 is 0 Å². The maximum Gasteiger partial charge on any atom is 0.174 e. The van der Waals surface area contributed by atoms with Crippen LogP contribution in [0.1, 0.15) is 46.8 Å². The molecule has 2 aromatic rings. The van der Waals surface area contributed by atoms with Crippen molar-refractivity contribution in [2.24, 2.45) is 5.41 Å². The van der Waals surface area contributed by atoms with E-state index in [9.17, 15) is 4.79 Å². The average Bonchev–Trinajstić information content (AvgIpc) is 3.16. The molecule has 0 heterocycles. The highest BCUT2D eigenvalue weighted by Gasteiger charge is 2.48. The van der Waals surface area contributed by atoms with E-state index in [-0.39, 0.29) is 0 Å². The monoisotopic (exact) mass is 314 g/mol. The summed E-state index contributed by atoms with van der Waals surface area (Å²) < 4.78 is 0. The molecule has 24 heavy (non-hydrogen) atoms. The molecule has 2 aromatic carbocycles. The molecule has 0 amide bonds. The van der Waals surface area contributed by atoms with E-state index in [1.807, 2.05) is 18.2 Å². The Hall–Kier alpha value is -2.41. The molecule has 1 nitrogen and oxygen atoms in total. The maximum atomic E-state index is 13.4. The molecule has 0 aliphatic heterocycles. The summed E-state index contributed by atoms with van der Waals surface area (Å²) in [5, 5.41) is 0. The molecule has 0 N–H and O–H groups in total. The Labute approximate surface area is 143 Å². The lowest BCUT2D eigenvalue weighted by Gasteiger charge is -2.29. The van der Waals surface area contributed by atoms with Crippen molar-refractivity contribution >= 4 is 11.4 Å². The fourth-order valence-corrected chi connectivity index (χ4v) is 4.24. The van der Waals surface area contributed by atoms with E-state index >= 15 is 0 Å². The number of hydrogen-bond acceptors (Lipinski definition) is 1. The molecule has 4 rings (SSSR count). The zero-order chi connectivity index (χ0) is 16.6. The van der Waals surface area contributed by atoms with Gasteiger partial charge in [0, 0.05) is 5.56 Å². The number of rotatable bonds is 4. The number of ketones is 1. The van der Waals surface area contributed by atoms with Crippen LogP contribution >= 0.6 is 0 Å². The molecule has 0 spiro atoms. The number of carbonyl (C=O) groups is 1. The van der Waals surface area contributed by atoms with E-state index in [4.69, 9.17) is 0 Å². The second-order valence-electron chi connectivity index (χ2n) is 6.81. The lowest BCUT2D eigenvalue weighted by molar-refractivity contribution is 0.0887. The highest BCUT2D eigenvalue weighted by atomic mass is 16.1. The first-order chi connectivity index (χ1) is 11.8. The van der Waals surface area contributed by atoms with Crippen LogP contribution in [0.5, 0.6) is 0 Å². The lowest BCUT2D eigenvalue weighted by Crippen LogP contribution is -2.29. The van der Waals surface area contributed by atoms with E-state index in [1.54, 1.807) is 0 Å². The van der Waals surface area contributed by atoms with Crippen LogP contribution in [0.2, 0.25) is 0 Å². The Morgan fingerprint density at radius 2 is 1.67 bits per heavy atom.